The molecule has 2 aliphatic carbocycles. The number of halogens is 2. The lowest BCUT2D eigenvalue weighted by Gasteiger charge is -2.14. The quantitative estimate of drug-likeness (QED) is 0.897. The Morgan fingerprint density at radius 2 is 2.22 bits per heavy atom. The monoisotopic (exact) mass is 252 g/mol. The highest BCUT2D eigenvalue weighted by molar-refractivity contribution is 5.76. The van der Waals surface area contributed by atoms with Gasteiger partial charge in [-0.25, -0.2) is 8.78 Å². The number of hydrogen-bond donors (Lipinski definition) is 1. The van der Waals surface area contributed by atoms with Gasteiger partial charge in [0.15, 0.2) is 0 Å². The molecule has 4 heteroatoms. The molecule has 18 heavy (non-hydrogen) atoms. The van der Waals surface area contributed by atoms with Crippen molar-refractivity contribution in [1.29, 1.82) is 0 Å². The largest absolute Gasteiger partial charge is 0.481 e. The minimum Gasteiger partial charge on any atom is -0.481 e. The molecule has 1 aromatic carbocycles. The van der Waals surface area contributed by atoms with Gasteiger partial charge >= 0.3 is 5.97 Å². The van der Waals surface area contributed by atoms with E-state index in [0.29, 0.717) is 12.0 Å². The molecule has 0 saturated heterocycles. The Hall–Kier alpha value is -1.45. The summed E-state index contributed by atoms with van der Waals surface area (Å²) in [5.41, 5.74) is 0.164. The Balaban J connectivity index is 1.86. The van der Waals surface area contributed by atoms with E-state index in [1.165, 1.54) is 12.1 Å². The van der Waals surface area contributed by atoms with Gasteiger partial charge in [0, 0.05) is 6.07 Å². The molecule has 2 nitrogen and oxygen atoms in total. The van der Waals surface area contributed by atoms with Gasteiger partial charge in [0.2, 0.25) is 0 Å². The molecule has 3 rings (SSSR count). The minimum absolute atomic E-state index is 0.180. The highest BCUT2D eigenvalue weighted by Gasteiger charge is 2.69. The molecule has 0 amide bonds. The Morgan fingerprint density at radius 1 is 1.44 bits per heavy atom. The van der Waals surface area contributed by atoms with Crippen LogP contribution in [-0.4, -0.2) is 11.1 Å². The molecule has 2 fully saturated rings. The number of fused-ring (bicyclic) bond motifs is 1. The Kier molecular flexibility index (Phi) is 2.44. The number of benzene rings is 1. The van der Waals surface area contributed by atoms with Crippen molar-refractivity contribution in [2.45, 2.75) is 25.7 Å². The second kappa shape index (κ2) is 3.77. The normalized spacial score (nSPS) is 33.2. The average molecular weight is 252 g/mol. The van der Waals surface area contributed by atoms with Crippen molar-refractivity contribution < 1.29 is 18.7 Å². The Labute approximate surface area is 104 Å². The van der Waals surface area contributed by atoms with Gasteiger partial charge < -0.3 is 5.11 Å². The molecule has 96 valence electrons. The predicted molar refractivity (Wildman–Crippen MR) is 61.0 cm³/mol. The molecule has 0 heterocycles. The topological polar surface area (TPSA) is 37.3 Å². The molecule has 0 spiro atoms. The SMILES string of the molecule is O=C(O)C1C2CCCC21Cc1ccc(F)cc1F. The fraction of sp³-hybridized carbons (Fsp3) is 0.500. The number of aliphatic carboxylic acids is 1. The van der Waals surface area contributed by atoms with Crippen LogP contribution in [0.4, 0.5) is 8.78 Å². The van der Waals surface area contributed by atoms with Crippen LogP contribution in [-0.2, 0) is 11.2 Å². The molecule has 0 aromatic heterocycles. The summed E-state index contributed by atoms with van der Waals surface area (Å²) in [4.78, 5) is 11.2. The van der Waals surface area contributed by atoms with Crippen molar-refractivity contribution in [3.63, 3.8) is 0 Å². The van der Waals surface area contributed by atoms with Gasteiger partial charge in [0.05, 0.1) is 5.92 Å². The van der Waals surface area contributed by atoms with E-state index in [4.69, 9.17) is 5.11 Å². The zero-order valence-corrected chi connectivity index (χ0v) is 9.83. The number of hydrogen-bond acceptors (Lipinski definition) is 1. The van der Waals surface area contributed by atoms with E-state index >= 15 is 0 Å². The fourth-order valence-electron chi connectivity index (χ4n) is 3.79. The van der Waals surface area contributed by atoms with Crippen LogP contribution in [0.1, 0.15) is 24.8 Å². The lowest BCUT2D eigenvalue weighted by molar-refractivity contribution is -0.140. The first-order chi connectivity index (χ1) is 8.54. The summed E-state index contributed by atoms with van der Waals surface area (Å²) >= 11 is 0. The zero-order valence-electron chi connectivity index (χ0n) is 9.83. The average Bonchev–Trinajstić information content (AvgIpc) is 2.73. The second-order valence-electron chi connectivity index (χ2n) is 5.46. The molecule has 1 N–H and O–H groups in total. The first-order valence-corrected chi connectivity index (χ1v) is 6.21. The van der Waals surface area contributed by atoms with Gasteiger partial charge in [-0.1, -0.05) is 12.5 Å². The molecular weight excluding hydrogens is 238 g/mol. The Bertz CT molecular complexity index is 515. The molecule has 2 saturated carbocycles. The number of carboxylic acid groups (broad SMARTS) is 1. The van der Waals surface area contributed by atoms with E-state index in [2.05, 4.69) is 0 Å². The molecule has 3 atom stereocenters. The van der Waals surface area contributed by atoms with E-state index in [-0.39, 0.29) is 17.3 Å². The van der Waals surface area contributed by atoms with Gasteiger partial charge in [-0.2, -0.15) is 0 Å². The summed E-state index contributed by atoms with van der Waals surface area (Å²) in [7, 11) is 0. The van der Waals surface area contributed by atoms with Crippen LogP contribution in [0.3, 0.4) is 0 Å². The maximum absolute atomic E-state index is 13.6. The van der Waals surface area contributed by atoms with Gasteiger partial charge in [0.1, 0.15) is 11.6 Å². The van der Waals surface area contributed by atoms with Gasteiger partial charge in [-0.15, -0.1) is 0 Å². The summed E-state index contributed by atoms with van der Waals surface area (Å²) in [5.74, 6) is -2.09. The van der Waals surface area contributed by atoms with E-state index in [0.717, 1.165) is 25.3 Å². The van der Waals surface area contributed by atoms with E-state index < -0.39 is 17.6 Å². The maximum atomic E-state index is 13.6. The van der Waals surface area contributed by atoms with Crippen molar-refractivity contribution in [3.8, 4) is 0 Å². The van der Waals surface area contributed by atoms with Crippen molar-refractivity contribution in [1.82, 2.24) is 0 Å². The van der Waals surface area contributed by atoms with E-state index in [9.17, 15) is 13.6 Å². The van der Waals surface area contributed by atoms with Crippen LogP contribution in [0.5, 0.6) is 0 Å². The molecule has 0 bridgehead atoms. The van der Waals surface area contributed by atoms with Crippen LogP contribution in [0.15, 0.2) is 18.2 Å². The fourth-order valence-corrected chi connectivity index (χ4v) is 3.79. The molecule has 0 aliphatic heterocycles. The lowest BCUT2D eigenvalue weighted by atomic mass is 9.91. The summed E-state index contributed by atoms with van der Waals surface area (Å²) in [6.45, 7) is 0. The molecular formula is C14H14F2O2. The predicted octanol–water partition coefficient (Wildman–Crippen LogP) is 3.01. The highest BCUT2D eigenvalue weighted by Crippen LogP contribution is 2.69. The standard InChI is InChI=1S/C14H14F2O2/c15-9-4-3-8(11(16)6-9)7-14-5-1-2-10(14)12(14)13(17)18/h3-4,6,10,12H,1-2,5,7H2,(H,17,18). The van der Waals surface area contributed by atoms with Crippen LogP contribution in [0.25, 0.3) is 0 Å². The molecule has 0 radical (unpaired) electrons. The van der Waals surface area contributed by atoms with Crippen LogP contribution in [0, 0.1) is 28.9 Å². The van der Waals surface area contributed by atoms with Crippen LogP contribution in [0.2, 0.25) is 0 Å². The summed E-state index contributed by atoms with van der Waals surface area (Å²) in [5, 5.41) is 9.16. The number of rotatable bonds is 3. The third-order valence-electron chi connectivity index (χ3n) is 4.61. The summed E-state index contributed by atoms with van der Waals surface area (Å²) in [6.07, 6.45) is 3.18. The molecule has 3 unspecified atom stereocenters. The second-order valence-corrected chi connectivity index (χ2v) is 5.46. The molecule has 2 aliphatic rings. The maximum Gasteiger partial charge on any atom is 0.307 e. The van der Waals surface area contributed by atoms with E-state index in [1.54, 1.807) is 0 Å². The first kappa shape index (κ1) is 11.6. The first-order valence-electron chi connectivity index (χ1n) is 6.21. The lowest BCUT2D eigenvalue weighted by Crippen LogP contribution is -2.14. The number of carbonyl (C=O) groups is 1. The number of carboxylic acids is 1. The van der Waals surface area contributed by atoms with Crippen molar-refractivity contribution in [3.05, 3.63) is 35.4 Å². The molecule has 1 aromatic rings. The van der Waals surface area contributed by atoms with Crippen LogP contribution < -0.4 is 0 Å². The van der Waals surface area contributed by atoms with Crippen molar-refractivity contribution >= 4 is 5.97 Å². The van der Waals surface area contributed by atoms with E-state index in [1.807, 2.05) is 0 Å². The minimum atomic E-state index is -0.776. The third-order valence-corrected chi connectivity index (χ3v) is 4.61. The van der Waals surface area contributed by atoms with Crippen LogP contribution >= 0.6 is 0 Å². The Morgan fingerprint density at radius 3 is 2.83 bits per heavy atom. The summed E-state index contributed by atoms with van der Waals surface area (Å²) < 4.78 is 26.5. The van der Waals surface area contributed by atoms with Gasteiger partial charge in [-0.3, -0.25) is 4.79 Å². The highest BCUT2D eigenvalue weighted by atomic mass is 19.1. The zero-order chi connectivity index (χ0) is 12.9. The van der Waals surface area contributed by atoms with Crippen molar-refractivity contribution in [2.24, 2.45) is 17.3 Å². The smallest absolute Gasteiger partial charge is 0.307 e. The summed E-state index contributed by atoms with van der Waals surface area (Å²) in [6, 6.07) is 3.54. The third kappa shape index (κ3) is 1.55. The van der Waals surface area contributed by atoms with Gasteiger partial charge in [0.25, 0.3) is 0 Å². The van der Waals surface area contributed by atoms with Gasteiger partial charge in [-0.05, 0) is 42.2 Å². The van der Waals surface area contributed by atoms with Crippen molar-refractivity contribution in [2.75, 3.05) is 0 Å².